The number of hydrogen-bond donors (Lipinski definition) is 1. The molecule has 19 heavy (non-hydrogen) atoms. The Morgan fingerprint density at radius 3 is 2.63 bits per heavy atom. The highest BCUT2D eigenvalue weighted by Crippen LogP contribution is 2.24. The third-order valence-corrected chi connectivity index (χ3v) is 3.49. The van der Waals surface area contributed by atoms with Crippen molar-refractivity contribution in [2.24, 2.45) is 5.92 Å². The normalized spacial score (nSPS) is 10.5. The van der Waals surface area contributed by atoms with Crippen LogP contribution in [0.1, 0.15) is 29.8 Å². The van der Waals surface area contributed by atoms with Crippen molar-refractivity contribution in [1.29, 1.82) is 0 Å². The van der Waals surface area contributed by atoms with Crippen LogP contribution in [-0.2, 0) is 9.53 Å². The Morgan fingerprint density at radius 2 is 2.05 bits per heavy atom. The summed E-state index contributed by atoms with van der Waals surface area (Å²) < 4.78 is 5.07. The van der Waals surface area contributed by atoms with Gasteiger partial charge in [-0.25, -0.2) is 4.79 Å². The first-order valence-corrected chi connectivity index (χ1v) is 7.01. The molecule has 4 nitrogen and oxygen atoms in total. The van der Waals surface area contributed by atoms with Gasteiger partial charge in [-0.15, -0.1) is 11.8 Å². The summed E-state index contributed by atoms with van der Waals surface area (Å²) in [6, 6.07) is 4.88. The molecule has 0 saturated heterocycles. The van der Waals surface area contributed by atoms with E-state index in [0.29, 0.717) is 12.5 Å². The smallest absolute Gasteiger partial charge is 0.335 e. The van der Waals surface area contributed by atoms with Crippen molar-refractivity contribution in [3.8, 4) is 0 Å². The summed E-state index contributed by atoms with van der Waals surface area (Å²) >= 11 is 1.30. The second kappa shape index (κ2) is 7.19. The van der Waals surface area contributed by atoms with E-state index in [4.69, 9.17) is 9.84 Å². The molecule has 0 aliphatic heterocycles. The van der Waals surface area contributed by atoms with E-state index in [-0.39, 0.29) is 17.3 Å². The van der Waals surface area contributed by atoms with Gasteiger partial charge < -0.3 is 9.84 Å². The Balaban J connectivity index is 2.59. The number of carboxylic acids is 1. The van der Waals surface area contributed by atoms with Gasteiger partial charge in [0.05, 0.1) is 17.9 Å². The lowest BCUT2D eigenvalue weighted by Gasteiger charge is -2.08. The number of aromatic carboxylic acids is 1. The number of hydrogen-bond acceptors (Lipinski definition) is 4. The molecule has 0 bridgehead atoms. The third kappa shape index (κ3) is 5.34. The van der Waals surface area contributed by atoms with Gasteiger partial charge in [0.2, 0.25) is 0 Å². The molecule has 1 rings (SSSR count). The molecular weight excluding hydrogens is 264 g/mol. The number of benzene rings is 1. The first kappa shape index (κ1) is 15.6. The third-order valence-electron chi connectivity index (χ3n) is 2.36. The topological polar surface area (TPSA) is 63.6 Å². The van der Waals surface area contributed by atoms with E-state index in [0.717, 1.165) is 10.5 Å². The number of esters is 1. The first-order chi connectivity index (χ1) is 8.90. The van der Waals surface area contributed by atoms with Crippen LogP contribution in [-0.4, -0.2) is 29.4 Å². The van der Waals surface area contributed by atoms with Crippen LogP contribution in [0.15, 0.2) is 23.1 Å². The van der Waals surface area contributed by atoms with Crippen molar-refractivity contribution >= 4 is 23.7 Å². The summed E-state index contributed by atoms with van der Waals surface area (Å²) in [7, 11) is 0. The lowest BCUT2D eigenvalue weighted by Crippen LogP contribution is -2.11. The molecule has 5 heteroatoms. The Hall–Kier alpha value is -1.49. The number of ether oxygens (including phenoxy) is 1. The molecule has 0 atom stereocenters. The summed E-state index contributed by atoms with van der Waals surface area (Å²) in [5.74, 6) is -0.745. The van der Waals surface area contributed by atoms with Gasteiger partial charge in [0, 0.05) is 4.90 Å². The van der Waals surface area contributed by atoms with E-state index in [2.05, 4.69) is 0 Å². The fraction of sp³-hybridized carbons (Fsp3) is 0.429. The summed E-state index contributed by atoms with van der Waals surface area (Å²) in [6.07, 6.45) is 0. The van der Waals surface area contributed by atoms with E-state index in [9.17, 15) is 9.59 Å². The second-order valence-electron chi connectivity index (χ2n) is 4.65. The van der Waals surface area contributed by atoms with Crippen molar-refractivity contribution in [3.05, 3.63) is 29.3 Å². The molecule has 0 aromatic heterocycles. The summed E-state index contributed by atoms with van der Waals surface area (Å²) in [5, 5.41) is 8.92. The van der Waals surface area contributed by atoms with Crippen LogP contribution < -0.4 is 0 Å². The first-order valence-electron chi connectivity index (χ1n) is 6.02. The number of carbonyl (C=O) groups is 2. The second-order valence-corrected chi connectivity index (χ2v) is 5.67. The number of carbonyl (C=O) groups excluding carboxylic acids is 1. The molecule has 0 amide bonds. The van der Waals surface area contributed by atoms with E-state index in [1.54, 1.807) is 18.2 Å². The maximum Gasteiger partial charge on any atom is 0.335 e. The number of carboxylic acid groups (broad SMARTS) is 1. The van der Waals surface area contributed by atoms with Crippen LogP contribution in [0.3, 0.4) is 0 Å². The highest BCUT2D eigenvalue weighted by atomic mass is 32.2. The summed E-state index contributed by atoms with van der Waals surface area (Å²) in [4.78, 5) is 23.2. The van der Waals surface area contributed by atoms with Gasteiger partial charge in [0.25, 0.3) is 0 Å². The molecule has 1 aromatic carbocycles. The minimum atomic E-state index is -0.968. The van der Waals surface area contributed by atoms with Gasteiger partial charge in [-0.1, -0.05) is 19.9 Å². The quantitative estimate of drug-likeness (QED) is 0.642. The van der Waals surface area contributed by atoms with Gasteiger partial charge in [-0.05, 0) is 30.5 Å². The van der Waals surface area contributed by atoms with Gasteiger partial charge in [0.15, 0.2) is 0 Å². The zero-order chi connectivity index (χ0) is 14.4. The van der Waals surface area contributed by atoms with Crippen molar-refractivity contribution in [2.45, 2.75) is 25.7 Å². The van der Waals surface area contributed by atoms with Gasteiger partial charge in [0.1, 0.15) is 0 Å². The monoisotopic (exact) mass is 282 g/mol. The Kier molecular flexibility index (Phi) is 5.89. The van der Waals surface area contributed by atoms with Gasteiger partial charge in [-0.3, -0.25) is 4.79 Å². The largest absolute Gasteiger partial charge is 0.478 e. The maximum absolute atomic E-state index is 11.5. The predicted octanol–water partition coefficient (Wildman–Crippen LogP) is 2.98. The van der Waals surface area contributed by atoms with Crippen molar-refractivity contribution < 1.29 is 19.4 Å². The Morgan fingerprint density at radius 1 is 1.37 bits per heavy atom. The predicted molar refractivity (Wildman–Crippen MR) is 74.7 cm³/mol. The highest BCUT2D eigenvalue weighted by Gasteiger charge is 2.10. The van der Waals surface area contributed by atoms with Crippen LogP contribution in [0.4, 0.5) is 0 Å². The Bertz CT molecular complexity index is 469. The van der Waals surface area contributed by atoms with Crippen molar-refractivity contribution in [1.82, 2.24) is 0 Å². The SMILES string of the molecule is Cc1ccc(C(=O)O)cc1SCC(=O)OCC(C)C. The lowest BCUT2D eigenvalue weighted by atomic mass is 10.1. The molecule has 0 radical (unpaired) electrons. The minimum absolute atomic E-state index is 0.191. The molecule has 1 aromatic rings. The average Bonchev–Trinajstić information content (AvgIpc) is 2.35. The van der Waals surface area contributed by atoms with Crippen molar-refractivity contribution in [2.75, 3.05) is 12.4 Å². The zero-order valence-corrected chi connectivity index (χ0v) is 12.1. The van der Waals surface area contributed by atoms with Crippen LogP contribution in [0.2, 0.25) is 0 Å². The summed E-state index contributed by atoms with van der Waals surface area (Å²) in [5.41, 5.74) is 1.18. The Labute approximate surface area is 117 Å². The van der Waals surface area contributed by atoms with Gasteiger partial charge >= 0.3 is 11.9 Å². The number of rotatable bonds is 6. The van der Waals surface area contributed by atoms with Crippen LogP contribution in [0.25, 0.3) is 0 Å². The molecule has 0 aliphatic rings. The standard InChI is InChI=1S/C14H18O4S/c1-9(2)7-18-13(15)8-19-12-6-11(14(16)17)5-4-10(12)3/h4-6,9H,7-8H2,1-3H3,(H,16,17). The fourth-order valence-corrected chi connectivity index (χ4v) is 2.19. The molecule has 0 spiro atoms. The number of aryl methyl sites for hydroxylation is 1. The molecule has 104 valence electrons. The lowest BCUT2D eigenvalue weighted by molar-refractivity contribution is -0.141. The highest BCUT2D eigenvalue weighted by molar-refractivity contribution is 8.00. The van der Waals surface area contributed by atoms with E-state index >= 15 is 0 Å². The molecule has 1 N–H and O–H groups in total. The van der Waals surface area contributed by atoms with Crippen LogP contribution in [0.5, 0.6) is 0 Å². The molecule has 0 fully saturated rings. The average molecular weight is 282 g/mol. The van der Waals surface area contributed by atoms with Crippen LogP contribution >= 0.6 is 11.8 Å². The molecule has 0 unspecified atom stereocenters. The van der Waals surface area contributed by atoms with E-state index in [1.807, 2.05) is 20.8 Å². The van der Waals surface area contributed by atoms with Crippen LogP contribution in [0, 0.1) is 12.8 Å². The number of thioether (sulfide) groups is 1. The molecule has 0 heterocycles. The maximum atomic E-state index is 11.5. The minimum Gasteiger partial charge on any atom is -0.478 e. The van der Waals surface area contributed by atoms with E-state index in [1.165, 1.54) is 11.8 Å². The van der Waals surface area contributed by atoms with Gasteiger partial charge in [-0.2, -0.15) is 0 Å². The van der Waals surface area contributed by atoms with Crippen molar-refractivity contribution in [3.63, 3.8) is 0 Å². The molecule has 0 saturated carbocycles. The fourth-order valence-electron chi connectivity index (χ4n) is 1.33. The summed E-state index contributed by atoms with van der Waals surface area (Å²) in [6.45, 7) is 6.24. The van der Waals surface area contributed by atoms with E-state index < -0.39 is 5.97 Å². The zero-order valence-electron chi connectivity index (χ0n) is 11.3. The molecule has 0 aliphatic carbocycles. The molecular formula is C14H18O4S.